The van der Waals surface area contributed by atoms with Gasteiger partial charge in [-0.3, -0.25) is 4.79 Å². The second-order valence-corrected chi connectivity index (χ2v) is 6.59. The van der Waals surface area contributed by atoms with E-state index in [1.165, 1.54) is 63.9 Å². The zero-order valence-electron chi connectivity index (χ0n) is 15.5. The van der Waals surface area contributed by atoms with Crippen molar-refractivity contribution >= 4 is 5.78 Å². The third kappa shape index (κ3) is 8.37. The van der Waals surface area contributed by atoms with Gasteiger partial charge in [0.25, 0.3) is 0 Å². The van der Waals surface area contributed by atoms with Crippen LogP contribution >= 0.6 is 0 Å². The number of carbonyl (C=O) groups excluding carboxylic acids is 1. The Hall–Kier alpha value is -1.51. The third-order valence-electron chi connectivity index (χ3n) is 4.51. The maximum Gasteiger partial charge on any atom is 0.166 e. The molecule has 0 heterocycles. The first kappa shape index (κ1) is 20.5. The quantitative estimate of drug-likeness (QED) is 0.321. The van der Waals surface area contributed by atoms with E-state index >= 15 is 0 Å². The number of methoxy groups -OCH3 is 1. The van der Waals surface area contributed by atoms with Crippen LogP contribution in [0.25, 0.3) is 0 Å². The molecule has 24 heavy (non-hydrogen) atoms. The van der Waals surface area contributed by atoms with Gasteiger partial charge < -0.3 is 9.84 Å². The van der Waals surface area contributed by atoms with E-state index in [2.05, 4.69) is 6.92 Å². The van der Waals surface area contributed by atoms with Gasteiger partial charge in [-0.2, -0.15) is 0 Å². The molecule has 3 heteroatoms. The lowest BCUT2D eigenvalue weighted by Gasteiger charge is -2.06. The SMILES string of the molecule is CCCCCCCCCCCCCC(=O)c1ccc(OC)cc1O. The Morgan fingerprint density at radius 3 is 1.96 bits per heavy atom. The Bertz CT molecular complexity index is 468. The minimum Gasteiger partial charge on any atom is -0.507 e. The number of benzene rings is 1. The monoisotopic (exact) mass is 334 g/mol. The fourth-order valence-electron chi connectivity index (χ4n) is 2.96. The first-order valence-electron chi connectivity index (χ1n) is 9.59. The lowest BCUT2D eigenvalue weighted by Crippen LogP contribution is -1.99. The predicted molar refractivity (Wildman–Crippen MR) is 100 cm³/mol. The maximum absolute atomic E-state index is 12.1. The van der Waals surface area contributed by atoms with Gasteiger partial charge in [0.15, 0.2) is 5.78 Å². The van der Waals surface area contributed by atoms with Gasteiger partial charge in [-0.25, -0.2) is 0 Å². The molecule has 0 aliphatic carbocycles. The number of carbonyl (C=O) groups is 1. The largest absolute Gasteiger partial charge is 0.507 e. The van der Waals surface area contributed by atoms with Crippen LogP contribution in [0.5, 0.6) is 11.5 Å². The summed E-state index contributed by atoms with van der Waals surface area (Å²) in [6, 6.07) is 4.86. The number of aromatic hydroxyl groups is 1. The Morgan fingerprint density at radius 2 is 1.46 bits per heavy atom. The fraction of sp³-hybridized carbons (Fsp3) is 0.667. The molecule has 1 aromatic rings. The van der Waals surface area contributed by atoms with E-state index < -0.39 is 0 Å². The zero-order valence-corrected chi connectivity index (χ0v) is 15.5. The number of Topliss-reactive ketones (excluding diaryl/α,β-unsaturated/α-hetero) is 1. The van der Waals surface area contributed by atoms with Gasteiger partial charge >= 0.3 is 0 Å². The van der Waals surface area contributed by atoms with Gasteiger partial charge in [0.05, 0.1) is 12.7 Å². The van der Waals surface area contributed by atoms with Crippen molar-refractivity contribution in [2.45, 2.75) is 84.0 Å². The summed E-state index contributed by atoms with van der Waals surface area (Å²) in [5.74, 6) is 0.604. The second-order valence-electron chi connectivity index (χ2n) is 6.59. The van der Waals surface area contributed by atoms with Gasteiger partial charge in [0.1, 0.15) is 11.5 Å². The molecule has 0 saturated carbocycles. The molecule has 0 fully saturated rings. The van der Waals surface area contributed by atoms with Crippen LogP contribution in [0.4, 0.5) is 0 Å². The minimum atomic E-state index is 0.0161. The molecule has 3 nitrogen and oxygen atoms in total. The highest BCUT2D eigenvalue weighted by Crippen LogP contribution is 2.25. The lowest BCUT2D eigenvalue weighted by atomic mass is 10.0. The molecule has 0 radical (unpaired) electrons. The van der Waals surface area contributed by atoms with E-state index in [1.807, 2.05) is 0 Å². The molecule has 1 aromatic carbocycles. The molecule has 1 rings (SSSR count). The number of ketones is 1. The first-order valence-corrected chi connectivity index (χ1v) is 9.59. The van der Waals surface area contributed by atoms with Crippen molar-refractivity contribution in [2.75, 3.05) is 7.11 Å². The van der Waals surface area contributed by atoms with Crippen molar-refractivity contribution in [3.8, 4) is 11.5 Å². The number of hydrogen-bond acceptors (Lipinski definition) is 3. The van der Waals surface area contributed by atoms with E-state index in [9.17, 15) is 9.90 Å². The number of rotatable bonds is 14. The first-order chi connectivity index (χ1) is 11.7. The maximum atomic E-state index is 12.1. The molecule has 0 bridgehead atoms. The molecule has 0 aromatic heterocycles. The van der Waals surface area contributed by atoms with Crippen LogP contribution in [0.2, 0.25) is 0 Å². The van der Waals surface area contributed by atoms with E-state index in [-0.39, 0.29) is 11.5 Å². The summed E-state index contributed by atoms with van der Waals surface area (Å²) >= 11 is 0. The highest BCUT2D eigenvalue weighted by Gasteiger charge is 2.11. The number of ether oxygens (including phenoxy) is 1. The number of phenolic OH excluding ortho intramolecular Hbond substituents is 1. The molecule has 0 aliphatic rings. The molecule has 0 aliphatic heterocycles. The van der Waals surface area contributed by atoms with E-state index in [0.717, 1.165) is 12.8 Å². The molecule has 0 atom stereocenters. The summed E-state index contributed by atoms with van der Waals surface area (Å²) in [5.41, 5.74) is 0.405. The summed E-state index contributed by atoms with van der Waals surface area (Å²) < 4.78 is 5.03. The van der Waals surface area contributed by atoms with Gasteiger partial charge in [0.2, 0.25) is 0 Å². The van der Waals surface area contributed by atoms with Crippen molar-refractivity contribution in [2.24, 2.45) is 0 Å². The molecule has 0 amide bonds. The van der Waals surface area contributed by atoms with Gasteiger partial charge in [0, 0.05) is 12.5 Å². The molecular formula is C21H34O3. The zero-order chi connectivity index (χ0) is 17.6. The van der Waals surface area contributed by atoms with Crippen LogP contribution in [-0.2, 0) is 0 Å². The van der Waals surface area contributed by atoms with Crippen molar-refractivity contribution in [1.82, 2.24) is 0 Å². The third-order valence-corrected chi connectivity index (χ3v) is 4.51. The Kier molecular flexibility index (Phi) is 11.0. The Balaban J connectivity index is 2.06. The van der Waals surface area contributed by atoms with Crippen LogP contribution in [0.1, 0.15) is 94.3 Å². The molecule has 0 unspecified atom stereocenters. The van der Waals surface area contributed by atoms with Crippen molar-refractivity contribution in [1.29, 1.82) is 0 Å². The van der Waals surface area contributed by atoms with E-state index in [4.69, 9.17) is 4.74 Å². The summed E-state index contributed by atoms with van der Waals surface area (Å²) in [5, 5.41) is 9.87. The fourth-order valence-corrected chi connectivity index (χ4v) is 2.96. The van der Waals surface area contributed by atoms with Crippen LogP contribution in [-0.4, -0.2) is 18.0 Å². The highest BCUT2D eigenvalue weighted by atomic mass is 16.5. The molecule has 0 spiro atoms. The molecular weight excluding hydrogens is 300 g/mol. The number of hydrogen-bond donors (Lipinski definition) is 1. The molecule has 136 valence electrons. The summed E-state index contributed by atoms with van der Waals surface area (Å²) in [4.78, 5) is 12.1. The lowest BCUT2D eigenvalue weighted by molar-refractivity contribution is 0.0976. The second kappa shape index (κ2) is 12.9. The van der Waals surface area contributed by atoms with E-state index in [0.29, 0.717) is 17.7 Å². The Morgan fingerprint density at radius 1 is 0.917 bits per heavy atom. The number of phenols is 1. The van der Waals surface area contributed by atoms with Crippen molar-refractivity contribution < 1.29 is 14.6 Å². The van der Waals surface area contributed by atoms with Crippen LogP contribution in [0.3, 0.4) is 0 Å². The smallest absolute Gasteiger partial charge is 0.166 e. The van der Waals surface area contributed by atoms with Gasteiger partial charge in [-0.1, -0.05) is 71.1 Å². The van der Waals surface area contributed by atoms with Gasteiger partial charge in [-0.05, 0) is 18.6 Å². The van der Waals surface area contributed by atoms with Crippen LogP contribution in [0.15, 0.2) is 18.2 Å². The van der Waals surface area contributed by atoms with Gasteiger partial charge in [-0.15, -0.1) is 0 Å². The predicted octanol–water partition coefficient (Wildman–Crippen LogP) is 6.28. The van der Waals surface area contributed by atoms with Crippen molar-refractivity contribution in [3.05, 3.63) is 23.8 Å². The normalized spacial score (nSPS) is 10.8. The van der Waals surface area contributed by atoms with Crippen molar-refractivity contribution in [3.63, 3.8) is 0 Å². The standard InChI is InChI=1S/C21H34O3/c1-3-4-5-6-7-8-9-10-11-12-13-14-20(22)19-16-15-18(24-2)17-21(19)23/h15-17,23H,3-14H2,1-2H3. The average molecular weight is 335 g/mol. The summed E-state index contributed by atoms with van der Waals surface area (Å²) in [6.45, 7) is 2.25. The van der Waals surface area contributed by atoms with Crippen LogP contribution < -0.4 is 4.74 Å². The minimum absolute atomic E-state index is 0.0161. The summed E-state index contributed by atoms with van der Waals surface area (Å²) in [7, 11) is 1.54. The highest BCUT2D eigenvalue weighted by molar-refractivity contribution is 5.98. The average Bonchev–Trinajstić information content (AvgIpc) is 2.59. The van der Waals surface area contributed by atoms with E-state index in [1.54, 1.807) is 19.2 Å². The topological polar surface area (TPSA) is 46.5 Å². The summed E-state index contributed by atoms with van der Waals surface area (Å²) in [6.07, 6.45) is 14.5. The Labute approximate surface area is 147 Å². The molecule has 1 N–H and O–H groups in total. The molecule has 0 saturated heterocycles. The van der Waals surface area contributed by atoms with Crippen LogP contribution in [0, 0.1) is 0 Å². The number of unbranched alkanes of at least 4 members (excludes halogenated alkanes) is 10.